The molecule has 3 N–H and O–H groups in total. The van der Waals surface area contributed by atoms with Crippen LogP contribution in [0.2, 0.25) is 0 Å². The van der Waals surface area contributed by atoms with Crippen molar-refractivity contribution in [1.29, 1.82) is 0 Å². The van der Waals surface area contributed by atoms with Crippen LogP contribution in [0.1, 0.15) is 31.9 Å². The lowest BCUT2D eigenvalue weighted by molar-refractivity contribution is -0.127. The molecule has 0 aliphatic carbocycles. The summed E-state index contributed by atoms with van der Waals surface area (Å²) < 4.78 is 26.1. The largest absolute Gasteiger partial charge is 0.349 e. The molecule has 1 aromatic rings. The third-order valence-corrected chi connectivity index (χ3v) is 3.46. The number of nitrogens with one attached hydrogen (secondary N) is 1. The van der Waals surface area contributed by atoms with Crippen LogP contribution in [-0.2, 0) is 16.6 Å². The first-order valence-corrected chi connectivity index (χ1v) is 6.68. The van der Waals surface area contributed by atoms with Crippen LogP contribution in [0.3, 0.4) is 0 Å². The minimum absolute atomic E-state index is 0.435. The van der Waals surface area contributed by atoms with E-state index in [0.29, 0.717) is 0 Å². The third kappa shape index (κ3) is 4.00. The summed E-state index contributed by atoms with van der Waals surface area (Å²) in [4.78, 5) is 12.1. The van der Waals surface area contributed by atoms with E-state index in [1.165, 1.54) is 5.56 Å². The number of nitrogens with two attached hydrogens (primary N) is 1. The van der Waals surface area contributed by atoms with E-state index >= 15 is 0 Å². The molecule has 0 saturated carbocycles. The van der Waals surface area contributed by atoms with Gasteiger partial charge in [0.05, 0.1) is 18.5 Å². The Kier molecular flexibility index (Phi) is 5.22. The van der Waals surface area contributed by atoms with E-state index in [1.54, 1.807) is 13.8 Å². The summed E-state index contributed by atoms with van der Waals surface area (Å²) in [6.45, 7) is 3.95. The van der Waals surface area contributed by atoms with Crippen molar-refractivity contribution in [2.45, 2.75) is 38.5 Å². The molecule has 1 rings (SSSR count). The zero-order chi connectivity index (χ0) is 15.4. The second-order valence-corrected chi connectivity index (χ2v) is 5.42. The van der Waals surface area contributed by atoms with Crippen LogP contribution in [0, 0.1) is 0 Å². The molecule has 3 nitrogen and oxygen atoms in total. The molecule has 0 atom stereocenters. The summed E-state index contributed by atoms with van der Waals surface area (Å²) >= 11 is 0. The molecule has 0 spiro atoms. The van der Waals surface area contributed by atoms with Crippen molar-refractivity contribution in [3.63, 3.8) is 0 Å². The van der Waals surface area contributed by atoms with Gasteiger partial charge in [-0.15, -0.1) is 0 Å². The summed E-state index contributed by atoms with van der Waals surface area (Å²) in [5, 5.41) is 2.27. The molecular formula is C15H22F2N2O. The fraction of sp³-hybridized carbons (Fsp3) is 0.533. The standard InChI is InChI=1S/C15H22F2N2O/c1-4-11-5-7-12(8-6-11)14(2,3)13(20)19-10-15(16,17)9-18/h5-8H,4,9-10,18H2,1-3H3,(H,19,20). The van der Waals surface area contributed by atoms with Crippen molar-refractivity contribution in [3.8, 4) is 0 Å². The van der Waals surface area contributed by atoms with E-state index in [1.807, 2.05) is 31.2 Å². The number of carbonyl (C=O) groups is 1. The summed E-state index contributed by atoms with van der Waals surface area (Å²) in [6, 6.07) is 7.61. The summed E-state index contributed by atoms with van der Waals surface area (Å²) in [7, 11) is 0. The number of amides is 1. The van der Waals surface area contributed by atoms with E-state index in [2.05, 4.69) is 5.32 Å². The molecule has 20 heavy (non-hydrogen) atoms. The first-order chi connectivity index (χ1) is 9.23. The lowest BCUT2D eigenvalue weighted by atomic mass is 9.83. The van der Waals surface area contributed by atoms with Crippen LogP contribution in [0.4, 0.5) is 8.78 Å². The van der Waals surface area contributed by atoms with Crippen molar-refractivity contribution in [3.05, 3.63) is 35.4 Å². The van der Waals surface area contributed by atoms with Crippen molar-refractivity contribution in [2.24, 2.45) is 5.73 Å². The third-order valence-electron chi connectivity index (χ3n) is 3.46. The molecule has 0 aliphatic rings. The summed E-state index contributed by atoms with van der Waals surface area (Å²) in [5.74, 6) is -3.51. The van der Waals surface area contributed by atoms with Gasteiger partial charge in [0, 0.05) is 0 Å². The second-order valence-electron chi connectivity index (χ2n) is 5.42. The van der Waals surface area contributed by atoms with Gasteiger partial charge in [-0.1, -0.05) is 31.2 Å². The number of rotatable bonds is 6. The van der Waals surface area contributed by atoms with Gasteiger partial charge in [-0.25, -0.2) is 8.78 Å². The zero-order valence-corrected chi connectivity index (χ0v) is 12.2. The van der Waals surface area contributed by atoms with Gasteiger partial charge < -0.3 is 11.1 Å². The Hall–Kier alpha value is -1.49. The molecule has 0 saturated heterocycles. The van der Waals surface area contributed by atoms with Crippen molar-refractivity contribution in [1.82, 2.24) is 5.32 Å². The molecule has 0 unspecified atom stereocenters. The predicted octanol–water partition coefficient (Wildman–Crippen LogP) is 2.24. The molecule has 112 valence electrons. The van der Waals surface area contributed by atoms with Crippen molar-refractivity contribution < 1.29 is 13.6 Å². The number of benzene rings is 1. The first kappa shape index (κ1) is 16.6. The summed E-state index contributed by atoms with van der Waals surface area (Å²) in [6.07, 6.45) is 0.912. The molecule has 1 amide bonds. The van der Waals surface area contributed by atoms with E-state index in [9.17, 15) is 13.6 Å². The lowest BCUT2D eigenvalue weighted by Crippen LogP contribution is -2.47. The molecule has 0 heterocycles. The van der Waals surface area contributed by atoms with Crippen molar-refractivity contribution in [2.75, 3.05) is 13.1 Å². The number of hydrogen-bond donors (Lipinski definition) is 2. The van der Waals surface area contributed by atoms with E-state index in [-0.39, 0.29) is 0 Å². The van der Waals surface area contributed by atoms with Crippen LogP contribution in [-0.4, -0.2) is 24.9 Å². The molecule has 0 fully saturated rings. The normalized spacial score (nSPS) is 12.3. The average molecular weight is 284 g/mol. The maximum atomic E-state index is 13.1. The number of hydrogen-bond acceptors (Lipinski definition) is 2. The molecule has 0 aliphatic heterocycles. The summed E-state index contributed by atoms with van der Waals surface area (Å²) in [5.41, 5.74) is 6.04. The fourth-order valence-electron chi connectivity index (χ4n) is 1.79. The molecule has 0 radical (unpaired) electrons. The van der Waals surface area contributed by atoms with E-state index in [4.69, 9.17) is 5.73 Å². The Morgan fingerprint density at radius 1 is 1.25 bits per heavy atom. The smallest absolute Gasteiger partial charge is 0.277 e. The van der Waals surface area contributed by atoms with Crippen molar-refractivity contribution >= 4 is 5.91 Å². The van der Waals surface area contributed by atoms with Crippen LogP contribution >= 0.6 is 0 Å². The van der Waals surface area contributed by atoms with Crippen LogP contribution < -0.4 is 11.1 Å². The lowest BCUT2D eigenvalue weighted by Gasteiger charge is -2.25. The Morgan fingerprint density at radius 3 is 2.25 bits per heavy atom. The van der Waals surface area contributed by atoms with E-state index in [0.717, 1.165) is 12.0 Å². The van der Waals surface area contributed by atoms with Crippen LogP contribution in [0.25, 0.3) is 0 Å². The van der Waals surface area contributed by atoms with Gasteiger partial charge in [-0.3, -0.25) is 4.79 Å². The van der Waals surface area contributed by atoms with E-state index < -0.39 is 30.3 Å². The van der Waals surface area contributed by atoms with Gasteiger partial charge in [-0.05, 0) is 31.4 Å². The minimum Gasteiger partial charge on any atom is -0.349 e. The number of alkyl halides is 2. The number of halogens is 2. The molecule has 5 heteroatoms. The zero-order valence-electron chi connectivity index (χ0n) is 12.2. The minimum atomic E-state index is -3.07. The van der Waals surface area contributed by atoms with Gasteiger partial charge in [0.25, 0.3) is 5.92 Å². The maximum Gasteiger partial charge on any atom is 0.277 e. The SMILES string of the molecule is CCc1ccc(C(C)(C)C(=O)NCC(F)(F)CN)cc1. The highest BCUT2D eigenvalue weighted by Crippen LogP contribution is 2.24. The molecule has 0 bridgehead atoms. The maximum absolute atomic E-state index is 13.1. The Morgan fingerprint density at radius 2 is 1.80 bits per heavy atom. The average Bonchev–Trinajstić information content (AvgIpc) is 2.44. The molecule has 0 aromatic heterocycles. The quantitative estimate of drug-likeness (QED) is 0.841. The Labute approximate surface area is 118 Å². The van der Waals surface area contributed by atoms with Crippen LogP contribution in [0.15, 0.2) is 24.3 Å². The monoisotopic (exact) mass is 284 g/mol. The Bertz CT molecular complexity index is 455. The van der Waals surface area contributed by atoms with Gasteiger partial charge in [0.15, 0.2) is 0 Å². The highest BCUT2D eigenvalue weighted by molar-refractivity contribution is 5.87. The van der Waals surface area contributed by atoms with Crippen LogP contribution in [0.5, 0.6) is 0 Å². The second kappa shape index (κ2) is 6.31. The van der Waals surface area contributed by atoms with Gasteiger partial charge in [-0.2, -0.15) is 0 Å². The molecular weight excluding hydrogens is 262 g/mol. The number of aryl methyl sites for hydroxylation is 1. The first-order valence-electron chi connectivity index (χ1n) is 6.68. The van der Waals surface area contributed by atoms with Gasteiger partial charge in [0.2, 0.25) is 5.91 Å². The van der Waals surface area contributed by atoms with Gasteiger partial charge in [0.1, 0.15) is 0 Å². The predicted molar refractivity (Wildman–Crippen MR) is 75.9 cm³/mol. The number of carbonyl (C=O) groups excluding carboxylic acids is 1. The fourth-order valence-corrected chi connectivity index (χ4v) is 1.79. The topological polar surface area (TPSA) is 55.1 Å². The Balaban J connectivity index is 2.78. The highest BCUT2D eigenvalue weighted by atomic mass is 19.3. The molecule has 1 aromatic carbocycles. The highest BCUT2D eigenvalue weighted by Gasteiger charge is 2.33. The van der Waals surface area contributed by atoms with Gasteiger partial charge >= 0.3 is 0 Å².